The molecule has 0 spiro atoms. The van der Waals surface area contributed by atoms with Crippen LogP contribution in [-0.2, 0) is 31.1 Å². The van der Waals surface area contributed by atoms with E-state index in [1.165, 1.54) is 25.1 Å². The fourth-order valence-electron chi connectivity index (χ4n) is 5.40. The van der Waals surface area contributed by atoms with Crippen molar-refractivity contribution in [2.75, 3.05) is 26.9 Å². The Morgan fingerprint density at radius 1 is 1.20 bits per heavy atom. The molecule has 2 saturated heterocycles. The van der Waals surface area contributed by atoms with Crippen molar-refractivity contribution in [1.29, 1.82) is 0 Å². The van der Waals surface area contributed by atoms with E-state index in [9.17, 15) is 19.2 Å². The molecule has 41 heavy (non-hydrogen) atoms. The van der Waals surface area contributed by atoms with Gasteiger partial charge in [0.1, 0.15) is 23.2 Å². The van der Waals surface area contributed by atoms with E-state index in [2.05, 4.69) is 10.3 Å². The van der Waals surface area contributed by atoms with Crippen LogP contribution in [-0.4, -0.2) is 78.0 Å². The first-order valence-corrected chi connectivity index (χ1v) is 13.2. The Hall–Kier alpha value is -4.65. The van der Waals surface area contributed by atoms with Crippen LogP contribution >= 0.6 is 0 Å². The Morgan fingerprint density at radius 2 is 2.00 bits per heavy atom. The van der Waals surface area contributed by atoms with Gasteiger partial charge in [0, 0.05) is 42.7 Å². The number of furan rings is 1. The van der Waals surface area contributed by atoms with E-state index >= 15 is 0 Å². The molecular formula is C28H28N4O9. The van der Waals surface area contributed by atoms with Gasteiger partial charge in [0.05, 0.1) is 26.9 Å². The van der Waals surface area contributed by atoms with Gasteiger partial charge in [0.25, 0.3) is 11.8 Å². The quantitative estimate of drug-likeness (QED) is 0.335. The first-order chi connectivity index (χ1) is 19.8. The minimum absolute atomic E-state index is 0.111. The molecule has 0 radical (unpaired) electrons. The number of urea groups is 1. The molecule has 0 aliphatic carbocycles. The number of hydrogen-bond acceptors (Lipinski definition) is 10. The fraction of sp³-hybridized carbons (Fsp3) is 0.393. The van der Waals surface area contributed by atoms with Crippen LogP contribution in [0.3, 0.4) is 0 Å². The second-order valence-electron chi connectivity index (χ2n) is 10.1. The predicted octanol–water partition coefficient (Wildman–Crippen LogP) is 2.92. The van der Waals surface area contributed by atoms with Crippen molar-refractivity contribution in [3.05, 3.63) is 59.6 Å². The first-order valence-electron chi connectivity index (χ1n) is 13.2. The summed E-state index contributed by atoms with van der Waals surface area (Å²) in [6, 6.07) is 7.59. The number of pyridine rings is 1. The van der Waals surface area contributed by atoms with E-state index in [-0.39, 0.29) is 30.9 Å². The molecule has 3 aromatic rings. The molecule has 5 heterocycles. The summed E-state index contributed by atoms with van der Waals surface area (Å²) < 4.78 is 27.3. The number of hydrogen-bond donors (Lipinski definition) is 1. The molecule has 0 saturated carbocycles. The Kier molecular flexibility index (Phi) is 6.73. The average Bonchev–Trinajstić information content (AvgIpc) is 3.61. The number of rotatable bonds is 7. The molecule has 2 fully saturated rings. The van der Waals surface area contributed by atoms with E-state index in [0.29, 0.717) is 48.3 Å². The number of aromatic nitrogens is 1. The maximum absolute atomic E-state index is 14.2. The maximum atomic E-state index is 14.2. The second kappa shape index (κ2) is 10.4. The van der Waals surface area contributed by atoms with E-state index in [1.807, 2.05) is 0 Å². The summed E-state index contributed by atoms with van der Waals surface area (Å²) in [4.78, 5) is 59.8. The zero-order chi connectivity index (χ0) is 28.7. The minimum Gasteiger partial charge on any atom is -0.497 e. The van der Waals surface area contributed by atoms with Crippen LogP contribution in [0.1, 0.15) is 41.4 Å². The van der Waals surface area contributed by atoms with Gasteiger partial charge in [0.2, 0.25) is 0 Å². The van der Waals surface area contributed by atoms with Crippen LogP contribution < -0.4 is 10.1 Å². The van der Waals surface area contributed by atoms with Crippen molar-refractivity contribution < 1.29 is 42.5 Å². The lowest BCUT2D eigenvalue weighted by atomic mass is 9.94. The van der Waals surface area contributed by atoms with Gasteiger partial charge in [0.15, 0.2) is 11.8 Å². The van der Waals surface area contributed by atoms with Crippen molar-refractivity contribution in [3.8, 4) is 5.75 Å². The lowest BCUT2D eigenvalue weighted by molar-refractivity contribution is -0.140. The molecule has 4 amide bonds. The topological polar surface area (TPSA) is 150 Å². The lowest BCUT2D eigenvalue weighted by Gasteiger charge is -2.30. The second-order valence-corrected chi connectivity index (χ2v) is 10.1. The summed E-state index contributed by atoms with van der Waals surface area (Å²) in [6.07, 6.45) is 1.46. The molecular weight excluding hydrogens is 536 g/mol. The number of ether oxygens (including phenoxy) is 4. The smallest absolute Gasteiger partial charge is 0.497 e. The zero-order valence-corrected chi connectivity index (χ0v) is 22.5. The molecule has 3 aliphatic rings. The standard InChI is InChI=1S/C28H28N4O9/c1-16(39-27(36)40-19-6-9-38-10-7-19)32-25(34)28(30-26(32)35,23-11-18-13-29-8-5-22(18)41-23)15-31-14-17-3-4-20(37-2)12-21(17)24(31)33/h3-5,8,11-13,16,19H,6-7,9-10,14-15H2,1-2H3,(H,30,35)/t16?,28-/m0/s1. The Labute approximate surface area is 234 Å². The highest BCUT2D eigenvalue weighted by Crippen LogP contribution is 2.37. The van der Waals surface area contributed by atoms with Gasteiger partial charge in [-0.25, -0.2) is 14.5 Å². The molecule has 1 N–H and O–H groups in total. The Morgan fingerprint density at radius 3 is 2.76 bits per heavy atom. The molecule has 0 bridgehead atoms. The van der Waals surface area contributed by atoms with Gasteiger partial charge in [-0.1, -0.05) is 6.07 Å². The number of carbonyl (C=O) groups excluding carboxylic acids is 4. The van der Waals surface area contributed by atoms with E-state index < -0.39 is 29.9 Å². The van der Waals surface area contributed by atoms with Crippen molar-refractivity contribution >= 4 is 35.0 Å². The highest BCUT2D eigenvalue weighted by Gasteiger charge is 2.58. The van der Waals surface area contributed by atoms with Gasteiger partial charge >= 0.3 is 12.2 Å². The Bertz CT molecular complexity index is 1500. The number of nitrogens with one attached hydrogen (secondary N) is 1. The summed E-state index contributed by atoms with van der Waals surface area (Å²) >= 11 is 0. The molecule has 3 aliphatic heterocycles. The molecule has 13 nitrogen and oxygen atoms in total. The Balaban J connectivity index is 1.29. The largest absolute Gasteiger partial charge is 0.510 e. The SMILES string of the molecule is COc1ccc2c(c1)C(=O)N(C[C@@]1(c3cc4cnccc4o3)NC(=O)N(C(C)OC(=O)OC3CCOCC3)C1=O)C2. The van der Waals surface area contributed by atoms with Gasteiger partial charge in [-0.2, -0.15) is 0 Å². The normalized spacial score (nSPS) is 21.7. The van der Waals surface area contributed by atoms with Crippen molar-refractivity contribution in [1.82, 2.24) is 20.1 Å². The fourth-order valence-corrected chi connectivity index (χ4v) is 5.40. The van der Waals surface area contributed by atoms with Crippen molar-refractivity contribution in [3.63, 3.8) is 0 Å². The van der Waals surface area contributed by atoms with Gasteiger partial charge in [-0.15, -0.1) is 0 Å². The highest BCUT2D eigenvalue weighted by molar-refractivity contribution is 6.08. The monoisotopic (exact) mass is 564 g/mol. The van der Waals surface area contributed by atoms with Gasteiger partial charge in [-0.05, 0) is 36.8 Å². The number of benzene rings is 1. The first kappa shape index (κ1) is 26.6. The van der Waals surface area contributed by atoms with E-state index in [0.717, 1.165) is 10.5 Å². The predicted molar refractivity (Wildman–Crippen MR) is 140 cm³/mol. The van der Waals surface area contributed by atoms with E-state index in [4.69, 9.17) is 23.4 Å². The van der Waals surface area contributed by atoms with Gasteiger partial charge < -0.3 is 33.6 Å². The molecule has 13 heteroatoms. The number of methoxy groups -OCH3 is 1. The molecule has 2 aromatic heterocycles. The number of imide groups is 1. The molecule has 214 valence electrons. The van der Waals surface area contributed by atoms with Crippen LogP contribution in [0.4, 0.5) is 9.59 Å². The van der Waals surface area contributed by atoms with E-state index in [1.54, 1.807) is 36.5 Å². The van der Waals surface area contributed by atoms with Crippen LogP contribution in [0.15, 0.2) is 47.1 Å². The van der Waals surface area contributed by atoms with Crippen LogP contribution in [0.5, 0.6) is 5.75 Å². The van der Waals surface area contributed by atoms with Crippen LogP contribution in [0, 0.1) is 0 Å². The summed E-state index contributed by atoms with van der Waals surface area (Å²) in [5.41, 5.74) is -0.171. The lowest BCUT2D eigenvalue weighted by Crippen LogP contribution is -2.53. The van der Waals surface area contributed by atoms with Crippen LogP contribution in [0.25, 0.3) is 11.0 Å². The average molecular weight is 565 g/mol. The number of amides is 4. The molecule has 1 aromatic carbocycles. The molecule has 1 unspecified atom stereocenters. The molecule has 6 rings (SSSR count). The highest BCUT2D eigenvalue weighted by atomic mass is 16.7. The zero-order valence-electron chi connectivity index (χ0n) is 22.5. The van der Waals surface area contributed by atoms with Gasteiger partial charge in [-0.3, -0.25) is 14.6 Å². The number of fused-ring (bicyclic) bond motifs is 2. The van der Waals surface area contributed by atoms with Crippen molar-refractivity contribution in [2.24, 2.45) is 0 Å². The molecule has 2 atom stereocenters. The minimum atomic E-state index is -1.81. The third kappa shape index (κ3) is 4.71. The summed E-state index contributed by atoms with van der Waals surface area (Å²) in [5, 5.41) is 3.34. The maximum Gasteiger partial charge on any atom is 0.510 e. The number of nitrogens with zero attached hydrogens (tertiary/aromatic N) is 3. The summed E-state index contributed by atoms with van der Waals surface area (Å²) in [5.74, 6) is -0.448. The third-order valence-corrected chi connectivity index (χ3v) is 7.55. The van der Waals surface area contributed by atoms with Crippen LogP contribution in [0.2, 0.25) is 0 Å². The van der Waals surface area contributed by atoms with Crippen molar-refractivity contribution in [2.45, 2.75) is 44.2 Å². The summed E-state index contributed by atoms with van der Waals surface area (Å²) in [6.45, 7) is 2.28. The number of carbonyl (C=O) groups is 4. The third-order valence-electron chi connectivity index (χ3n) is 7.55. The summed E-state index contributed by atoms with van der Waals surface area (Å²) in [7, 11) is 1.51.